The van der Waals surface area contributed by atoms with Crippen molar-refractivity contribution in [1.82, 2.24) is 10.2 Å². The number of hydrogen-bond acceptors (Lipinski definition) is 6. The molecule has 35 heavy (non-hydrogen) atoms. The van der Waals surface area contributed by atoms with Crippen LogP contribution in [-0.2, 0) is 24.2 Å². The van der Waals surface area contributed by atoms with Crippen molar-refractivity contribution in [2.75, 3.05) is 24.7 Å². The highest BCUT2D eigenvalue weighted by atomic mass is 32.2. The SMILES string of the molecule is C[C@@H](CC(=O)N1CCS(=O)(=O)CC1CC(=O)O)NC(=O)OCC1c2ccccc2-c2ccccc21. The van der Waals surface area contributed by atoms with Gasteiger partial charge in [-0.25, -0.2) is 13.2 Å². The molecule has 1 fully saturated rings. The predicted octanol–water partition coefficient (Wildman–Crippen LogP) is 2.40. The Morgan fingerprint density at radius 2 is 1.69 bits per heavy atom. The molecule has 10 heteroatoms. The molecule has 4 rings (SSSR count). The normalized spacial score (nSPS) is 19.3. The Kier molecular flexibility index (Phi) is 7.11. The van der Waals surface area contributed by atoms with Crippen LogP contribution < -0.4 is 5.32 Å². The summed E-state index contributed by atoms with van der Waals surface area (Å²) in [6.45, 7) is 1.73. The van der Waals surface area contributed by atoms with Crippen molar-refractivity contribution in [3.63, 3.8) is 0 Å². The van der Waals surface area contributed by atoms with Crippen molar-refractivity contribution in [1.29, 1.82) is 0 Å². The Hall–Kier alpha value is -3.40. The molecule has 2 atom stereocenters. The second-order valence-corrected chi connectivity index (χ2v) is 11.3. The molecule has 186 valence electrons. The van der Waals surface area contributed by atoms with E-state index in [0.29, 0.717) is 0 Å². The third kappa shape index (κ3) is 5.64. The van der Waals surface area contributed by atoms with Crippen molar-refractivity contribution in [3.05, 3.63) is 59.7 Å². The molecule has 0 spiro atoms. The summed E-state index contributed by atoms with van der Waals surface area (Å²) in [5, 5.41) is 11.8. The van der Waals surface area contributed by atoms with E-state index in [-0.39, 0.29) is 37.0 Å². The van der Waals surface area contributed by atoms with Crippen LogP contribution in [0, 0.1) is 0 Å². The molecule has 9 nitrogen and oxygen atoms in total. The molecule has 1 aliphatic heterocycles. The first-order valence-electron chi connectivity index (χ1n) is 11.5. The van der Waals surface area contributed by atoms with Crippen LogP contribution in [0.4, 0.5) is 4.79 Å². The first-order valence-corrected chi connectivity index (χ1v) is 13.3. The van der Waals surface area contributed by atoms with Gasteiger partial charge in [-0.15, -0.1) is 0 Å². The minimum Gasteiger partial charge on any atom is -0.481 e. The second-order valence-electron chi connectivity index (χ2n) is 9.03. The van der Waals surface area contributed by atoms with Crippen LogP contribution >= 0.6 is 0 Å². The average molecular weight is 501 g/mol. The van der Waals surface area contributed by atoms with E-state index in [4.69, 9.17) is 9.84 Å². The van der Waals surface area contributed by atoms with Gasteiger partial charge in [0.2, 0.25) is 5.91 Å². The third-order valence-corrected chi connectivity index (χ3v) is 8.15. The van der Waals surface area contributed by atoms with Gasteiger partial charge in [-0.3, -0.25) is 9.59 Å². The van der Waals surface area contributed by atoms with Crippen LogP contribution in [0.1, 0.15) is 36.8 Å². The number of carbonyl (C=O) groups excluding carboxylic acids is 2. The Balaban J connectivity index is 1.33. The Morgan fingerprint density at radius 1 is 1.09 bits per heavy atom. The lowest BCUT2D eigenvalue weighted by Crippen LogP contribution is -2.53. The number of benzene rings is 2. The number of sulfone groups is 1. The number of hydrogen-bond donors (Lipinski definition) is 2. The molecule has 1 saturated heterocycles. The molecule has 2 amide bonds. The number of ether oxygens (including phenoxy) is 1. The van der Waals surface area contributed by atoms with Crippen LogP contribution in [-0.4, -0.2) is 73.1 Å². The van der Waals surface area contributed by atoms with Crippen LogP contribution in [0.2, 0.25) is 0 Å². The van der Waals surface area contributed by atoms with Gasteiger partial charge in [0, 0.05) is 24.9 Å². The van der Waals surface area contributed by atoms with Crippen molar-refractivity contribution < 1.29 is 32.6 Å². The van der Waals surface area contributed by atoms with Gasteiger partial charge >= 0.3 is 12.1 Å². The van der Waals surface area contributed by atoms with E-state index in [1.165, 1.54) is 4.90 Å². The average Bonchev–Trinajstić information content (AvgIpc) is 3.10. The van der Waals surface area contributed by atoms with Gasteiger partial charge in [-0.05, 0) is 29.2 Å². The van der Waals surface area contributed by atoms with Gasteiger partial charge in [0.15, 0.2) is 9.84 Å². The van der Waals surface area contributed by atoms with Gasteiger partial charge in [0.05, 0.1) is 24.0 Å². The smallest absolute Gasteiger partial charge is 0.407 e. The number of amides is 2. The molecule has 0 bridgehead atoms. The number of carboxylic acid groups (broad SMARTS) is 1. The van der Waals surface area contributed by atoms with E-state index in [1.807, 2.05) is 48.5 Å². The predicted molar refractivity (Wildman–Crippen MR) is 129 cm³/mol. The topological polar surface area (TPSA) is 130 Å². The minimum atomic E-state index is -3.40. The molecule has 1 heterocycles. The molecule has 0 saturated carbocycles. The fraction of sp³-hybridized carbons (Fsp3) is 0.400. The fourth-order valence-corrected chi connectivity index (χ4v) is 6.38. The lowest BCUT2D eigenvalue weighted by atomic mass is 9.98. The molecular formula is C25H28N2O7S. The largest absolute Gasteiger partial charge is 0.481 e. The van der Waals surface area contributed by atoms with Gasteiger partial charge in [-0.2, -0.15) is 0 Å². The van der Waals surface area contributed by atoms with Crippen molar-refractivity contribution in [2.45, 2.75) is 37.8 Å². The summed E-state index contributed by atoms with van der Waals surface area (Å²) in [6, 6.07) is 14.5. The number of alkyl carbamates (subject to hydrolysis) is 1. The molecular weight excluding hydrogens is 472 g/mol. The number of carbonyl (C=O) groups is 3. The highest BCUT2D eigenvalue weighted by Crippen LogP contribution is 2.44. The number of fused-ring (bicyclic) bond motifs is 3. The number of rotatable bonds is 7. The molecule has 2 aromatic carbocycles. The number of nitrogens with one attached hydrogen (secondary N) is 1. The summed E-state index contributed by atoms with van der Waals surface area (Å²) in [4.78, 5) is 37.7. The molecule has 2 aromatic rings. The van der Waals surface area contributed by atoms with E-state index in [2.05, 4.69) is 5.32 Å². The highest BCUT2D eigenvalue weighted by Gasteiger charge is 2.36. The van der Waals surface area contributed by atoms with Gasteiger partial charge in [-0.1, -0.05) is 48.5 Å². The third-order valence-electron chi connectivity index (χ3n) is 6.45. The highest BCUT2D eigenvalue weighted by molar-refractivity contribution is 7.91. The summed E-state index contributed by atoms with van der Waals surface area (Å²) in [7, 11) is -3.40. The van der Waals surface area contributed by atoms with E-state index < -0.39 is 46.3 Å². The summed E-state index contributed by atoms with van der Waals surface area (Å²) in [5.41, 5.74) is 4.43. The molecule has 0 aromatic heterocycles. The molecule has 1 unspecified atom stereocenters. The molecule has 2 aliphatic rings. The van der Waals surface area contributed by atoms with Crippen LogP contribution in [0.15, 0.2) is 48.5 Å². The molecule has 1 aliphatic carbocycles. The summed E-state index contributed by atoms with van der Waals surface area (Å²) >= 11 is 0. The lowest BCUT2D eigenvalue weighted by molar-refractivity contribution is -0.140. The zero-order chi connectivity index (χ0) is 25.2. The standard InChI is InChI=1S/C25H28N2O7S/c1-16(12-23(28)27-10-11-35(32,33)15-17(27)13-24(29)30)26-25(31)34-14-22-20-8-4-2-6-18(20)19-7-3-5-9-21(19)22/h2-9,16-17,22H,10-15H2,1H3,(H,26,31)(H,29,30)/t16-,17?/m0/s1. The van der Waals surface area contributed by atoms with Crippen molar-refractivity contribution >= 4 is 27.8 Å². The van der Waals surface area contributed by atoms with Crippen molar-refractivity contribution in [2.24, 2.45) is 0 Å². The van der Waals surface area contributed by atoms with Gasteiger partial charge in [0.1, 0.15) is 6.61 Å². The zero-order valence-electron chi connectivity index (χ0n) is 19.3. The Bertz CT molecular complexity index is 1200. The fourth-order valence-electron chi connectivity index (χ4n) is 4.86. The Labute approximate surface area is 204 Å². The van der Waals surface area contributed by atoms with E-state index >= 15 is 0 Å². The van der Waals surface area contributed by atoms with Gasteiger partial charge < -0.3 is 20.1 Å². The van der Waals surface area contributed by atoms with Gasteiger partial charge in [0.25, 0.3) is 0 Å². The first kappa shape index (κ1) is 24.7. The zero-order valence-corrected chi connectivity index (χ0v) is 20.2. The number of nitrogens with zero attached hydrogens (tertiary/aromatic N) is 1. The summed E-state index contributed by atoms with van der Waals surface area (Å²) in [5.74, 6) is -2.24. The van der Waals surface area contributed by atoms with Crippen LogP contribution in [0.3, 0.4) is 0 Å². The molecule has 0 radical (unpaired) electrons. The van der Waals surface area contributed by atoms with Crippen LogP contribution in [0.5, 0.6) is 0 Å². The molecule has 2 N–H and O–H groups in total. The van der Waals surface area contributed by atoms with Crippen LogP contribution in [0.25, 0.3) is 11.1 Å². The quantitative estimate of drug-likeness (QED) is 0.597. The maximum Gasteiger partial charge on any atom is 0.407 e. The number of aliphatic carboxylic acids is 1. The minimum absolute atomic E-state index is 0.0588. The van der Waals surface area contributed by atoms with E-state index in [9.17, 15) is 22.8 Å². The van der Waals surface area contributed by atoms with E-state index in [1.54, 1.807) is 6.92 Å². The van der Waals surface area contributed by atoms with E-state index in [0.717, 1.165) is 22.3 Å². The maximum atomic E-state index is 12.8. The first-order chi connectivity index (χ1) is 16.6. The summed E-state index contributed by atoms with van der Waals surface area (Å²) < 4.78 is 29.3. The Morgan fingerprint density at radius 3 is 2.29 bits per heavy atom. The second kappa shape index (κ2) is 10.1. The maximum absolute atomic E-state index is 12.8. The number of carboxylic acids is 1. The van der Waals surface area contributed by atoms with Crippen molar-refractivity contribution in [3.8, 4) is 11.1 Å². The monoisotopic (exact) mass is 500 g/mol. The summed E-state index contributed by atoms with van der Waals surface area (Å²) in [6.07, 6.45) is -1.20. The lowest BCUT2D eigenvalue weighted by Gasteiger charge is -2.35.